The van der Waals surface area contributed by atoms with Crippen LogP contribution in [0.2, 0.25) is 0 Å². The minimum atomic E-state index is -4.74. The van der Waals surface area contributed by atoms with Crippen LogP contribution in [-0.4, -0.2) is 37.8 Å². The van der Waals surface area contributed by atoms with E-state index in [0.717, 1.165) is 16.9 Å². The summed E-state index contributed by atoms with van der Waals surface area (Å²) in [5.41, 5.74) is 2.76. The summed E-state index contributed by atoms with van der Waals surface area (Å²) >= 11 is 5.34. The highest BCUT2D eigenvalue weighted by Gasteiger charge is 2.31. The zero-order valence-electron chi connectivity index (χ0n) is 18.3. The van der Waals surface area contributed by atoms with Crippen molar-refractivity contribution in [2.24, 2.45) is 0 Å². The minimum absolute atomic E-state index is 0.309. The minimum Gasteiger partial charge on any atom is -0.478 e. The number of anilines is 2. The van der Waals surface area contributed by atoms with Gasteiger partial charge in [-0.15, -0.1) is 18.3 Å². The van der Waals surface area contributed by atoms with Crippen LogP contribution in [-0.2, 0) is 0 Å². The summed E-state index contributed by atoms with van der Waals surface area (Å²) in [5.74, 6) is 0.681. The maximum Gasteiger partial charge on any atom is 0.573 e. The largest absolute Gasteiger partial charge is 0.573 e. The summed E-state index contributed by atoms with van der Waals surface area (Å²) in [5, 5.41) is 10.9. The van der Waals surface area contributed by atoms with Gasteiger partial charge in [0.15, 0.2) is 10.9 Å². The van der Waals surface area contributed by atoms with E-state index in [0.29, 0.717) is 29.1 Å². The van der Waals surface area contributed by atoms with Gasteiger partial charge >= 0.3 is 6.36 Å². The fourth-order valence-electron chi connectivity index (χ4n) is 3.00. The quantitative estimate of drug-likeness (QED) is 0.325. The second-order valence-corrected chi connectivity index (χ2v) is 7.44. The Balaban J connectivity index is 1.36. The molecule has 2 heterocycles. The van der Waals surface area contributed by atoms with Gasteiger partial charge in [0.1, 0.15) is 12.1 Å². The Morgan fingerprint density at radius 2 is 1.63 bits per heavy atom. The van der Waals surface area contributed by atoms with Crippen LogP contribution in [0.15, 0.2) is 73.2 Å². The highest BCUT2D eigenvalue weighted by molar-refractivity contribution is 7.80. The van der Waals surface area contributed by atoms with Crippen molar-refractivity contribution in [2.75, 3.05) is 17.2 Å². The molecule has 0 saturated carbocycles. The van der Waals surface area contributed by atoms with Gasteiger partial charge in [-0.2, -0.15) is 0 Å². The summed E-state index contributed by atoms with van der Waals surface area (Å²) in [6, 6.07) is 16.2. The molecular formula is C23H19F3N6O2S. The Labute approximate surface area is 203 Å². The van der Waals surface area contributed by atoms with E-state index in [4.69, 9.17) is 17.0 Å². The molecule has 0 amide bonds. The van der Waals surface area contributed by atoms with Crippen LogP contribution in [0, 0.1) is 0 Å². The number of alkyl halides is 3. The fourth-order valence-corrected chi connectivity index (χ4v) is 3.24. The molecule has 4 rings (SSSR count). The third-order valence-corrected chi connectivity index (χ3v) is 4.72. The van der Waals surface area contributed by atoms with Crippen molar-refractivity contribution in [3.63, 3.8) is 0 Å². The maximum absolute atomic E-state index is 12.3. The molecule has 12 heteroatoms. The van der Waals surface area contributed by atoms with E-state index >= 15 is 0 Å². The highest BCUT2D eigenvalue weighted by Crippen LogP contribution is 2.24. The summed E-state index contributed by atoms with van der Waals surface area (Å²) in [7, 11) is 0. The summed E-state index contributed by atoms with van der Waals surface area (Å²) < 4.78 is 47.6. The van der Waals surface area contributed by atoms with E-state index in [2.05, 4.69) is 30.4 Å². The van der Waals surface area contributed by atoms with Gasteiger partial charge < -0.3 is 20.1 Å². The number of benzene rings is 2. The molecule has 0 saturated heterocycles. The van der Waals surface area contributed by atoms with Crippen molar-refractivity contribution < 1.29 is 22.6 Å². The van der Waals surface area contributed by atoms with Gasteiger partial charge in [0.25, 0.3) is 0 Å². The Kier molecular flexibility index (Phi) is 7.11. The summed E-state index contributed by atoms with van der Waals surface area (Å²) in [6.45, 7) is 2.43. The zero-order chi connectivity index (χ0) is 24.8. The van der Waals surface area contributed by atoms with Gasteiger partial charge in [0.05, 0.1) is 24.2 Å². The predicted molar refractivity (Wildman–Crippen MR) is 129 cm³/mol. The monoisotopic (exact) mass is 500 g/mol. The van der Waals surface area contributed by atoms with Gasteiger partial charge in [0, 0.05) is 17.3 Å². The average Bonchev–Trinajstić information content (AvgIpc) is 3.31. The van der Waals surface area contributed by atoms with E-state index in [1.54, 1.807) is 12.3 Å². The van der Waals surface area contributed by atoms with Crippen LogP contribution in [0.1, 0.15) is 6.92 Å². The SMILES string of the molecule is CCOc1ccc(NC(=S)Nc2ccc(-c3ncn(-c4ccc(OC(F)(F)F)cc4)n3)cc2)cn1. The molecule has 8 nitrogen and oxygen atoms in total. The molecule has 0 bridgehead atoms. The molecule has 0 aliphatic rings. The number of aromatic nitrogens is 4. The van der Waals surface area contributed by atoms with Gasteiger partial charge in [-0.1, -0.05) is 0 Å². The van der Waals surface area contributed by atoms with E-state index in [1.807, 2.05) is 37.3 Å². The Morgan fingerprint density at radius 1 is 0.943 bits per heavy atom. The molecule has 0 radical (unpaired) electrons. The molecule has 0 unspecified atom stereocenters. The molecule has 0 aliphatic carbocycles. The van der Waals surface area contributed by atoms with Gasteiger partial charge in [-0.25, -0.2) is 14.6 Å². The summed E-state index contributed by atoms with van der Waals surface area (Å²) in [4.78, 5) is 8.45. The Bertz CT molecular complexity index is 1280. The number of hydrogen-bond donors (Lipinski definition) is 2. The lowest BCUT2D eigenvalue weighted by Gasteiger charge is -2.11. The number of halogens is 3. The third kappa shape index (κ3) is 6.67. The first-order valence-electron chi connectivity index (χ1n) is 10.3. The lowest BCUT2D eigenvalue weighted by Crippen LogP contribution is -2.19. The Morgan fingerprint density at radius 3 is 2.26 bits per heavy atom. The number of thiocarbonyl (C=S) groups is 1. The van der Waals surface area contributed by atoms with E-state index in [1.165, 1.54) is 35.3 Å². The van der Waals surface area contributed by atoms with E-state index in [-0.39, 0.29) is 5.75 Å². The number of hydrogen-bond acceptors (Lipinski definition) is 6. The lowest BCUT2D eigenvalue weighted by atomic mass is 10.2. The molecule has 0 atom stereocenters. The van der Waals surface area contributed by atoms with Crippen molar-refractivity contribution in [1.29, 1.82) is 0 Å². The van der Waals surface area contributed by atoms with Crippen LogP contribution in [0.3, 0.4) is 0 Å². The molecule has 4 aromatic rings. The molecular weight excluding hydrogens is 481 g/mol. The number of rotatable bonds is 7. The number of ether oxygens (including phenoxy) is 2. The van der Waals surface area contributed by atoms with Gasteiger partial charge in [-0.3, -0.25) is 0 Å². The van der Waals surface area contributed by atoms with Crippen molar-refractivity contribution >= 4 is 28.7 Å². The topological polar surface area (TPSA) is 86.1 Å². The predicted octanol–water partition coefficient (Wildman–Crippen LogP) is 5.44. The van der Waals surface area contributed by atoms with Crippen LogP contribution in [0.25, 0.3) is 17.1 Å². The van der Waals surface area contributed by atoms with Crippen LogP contribution in [0.4, 0.5) is 24.5 Å². The standard InChI is InChI=1S/C23H19F3N6O2S/c1-2-33-20-12-7-17(13-27-20)30-22(35)29-16-5-3-15(4-6-16)21-28-14-32(31-21)18-8-10-19(11-9-18)34-23(24,25)26/h3-14H,2H2,1H3,(H2,29,30,35). The molecule has 0 spiro atoms. The molecule has 0 aliphatic heterocycles. The van der Waals surface area contributed by atoms with Gasteiger partial charge in [0.2, 0.25) is 5.88 Å². The van der Waals surface area contributed by atoms with Crippen molar-refractivity contribution in [3.8, 4) is 28.7 Å². The number of pyridine rings is 1. The molecule has 2 aromatic heterocycles. The van der Waals surface area contributed by atoms with Gasteiger partial charge in [-0.05, 0) is 73.7 Å². The first kappa shape index (κ1) is 24.0. The van der Waals surface area contributed by atoms with Crippen LogP contribution < -0.4 is 20.1 Å². The Hall–Kier alpha value is -4.19. The molecule has 2 N–H and O–H groups in total. The molecule has 180 valence electrons. The van der Waals surface area contributed by atoms with Crippen LogP contribution in [0.5, 0.6) is 11.6 Å². The molecule has 35 heavy (non-hydrogen) atoms. The van der Waals surface area contributed by atoms with Crippen LogP contribution >= 0.6 is 12.2 Å². The second-order valence-electron chi connectivity index (χ2n) is 7.03. The smallest absolute Gasteiger partial charge is 0.478 e. The normalized spacial score (nSPS) is 11.1. The maximum atomic E-state index is 12.3. The van der Waals surface area contributed by atoms with E-state index < -0.39 is 6.36 Å². The second kappa shape index (κ2) is 10.4. The first-order chi connectivity index (χ1) is 16.8. The number of nitrogens with one attached hydrogen (secondary N) is 2. The van der Waals surface area contributed by atoms with Crippen molar-refractivity contribution in [3.05, 3.63) is 73.2 Å². The third-order valence-electron chi connectivity index (χ3n) is 4.51. The average molecular weight is 501 g/mol. The highest BCUT2D eigenvalue weighted by atomic mass is 32.1. The fraction of sp³-hybridized carbons (Fsp3) is 0.130. The zero-order valence-corrected chi connectivity index (χ0v) is 19.1. The van der Waals surface area contributed by atoms with Crippen molar-refractivity contribution in [2.45, 2.75) is 13.3 Å². The first-order valence-corrected chi connectivity index (χ1v) is 10.7. The van der Waals surface area contributed by atoms with Crippen molar-refractivity contribution in [1.82, 2.24) is 19.7 Å². The lowest BCUT2D eigenvalue weighted by molar-refractivity contribution is -0.274. The summed E-state index contributed by atoms with van der Waals surface area (Å²) in [6.07, 6.45) is -1.64. The molecule has 2 aromatic carbocycles. The molecule has 0 fully saturated rings. The van der Waals surface area contributed by atoms with E-state index in [9.17, 15) is 13.2 Å². The number of nitrogens with zero attached hydrogens (tertiary/aromatic N) is 4.